The Morgan fingerprint density at radius 3 is 2.52 bits per heavy atom. The molecule has 0 aliphatic carbocycles. The van der Waals surface area contributed by atoms with Gasteiger partial charge in [-0.3, -0.25) is 0 Å². The Kier molecular flexibility index (Phi) is 3.95. The topological polar surface area (TPSA) is 29.5 Å². The van der Waals surface area contributed by atoms with Crippen LogP contribution in [0.5, 0.6) is 5.75 Å². The predicted molar refractivity (Wildman–Crippen MR) is 78.5 cm³/mol. The standard InChI is InChI=1S/C16H13BrF2O2/c17-11-5-6-14-12(7-11)13(20)8-15(21-14)9-1-3-10(4-2-9)16(18)19/h1-7,13,15-16,20H,8H2/t13-,15?/m0/s1. The van der Waals surface area contributed by atoms with Crippen LogP contribution in [0.4, 0.5) is 8.78 Å². The second-order valence-corrected chi connectivity index (χ2v) is 5.92. The first-order chi connectivity index (χ1) is 10.0. The van der Waals surface area contributed by atoms with Gasteiger partial charge in [-0.15, -0.1) is 0 Å². The molecule has 2 aromatic rings. The van der Waals surface area contributed by atoms with Gasteiger partial charge in [-0.2, -0.15) is 0 Å². The molecule has 5 heteroatoms. The molecule has 2 atom stereocenters. The van der Waals surface area contributed by atoms with Gasteiger partial charge in [-0.1, -0.05) is 40.2 Å². The van der Waals surface area contributed by atoms with Crippen LogP contribution in [0.1, 0.15) is 41.7 Å². The fourth-order valence-corrected chi connectivity index (χ4v) is 2.86. The molecule has 0 radical (unpaired) electrons. The molecule has 0 amide bonds. The Hall–Kier alpha value is -1.46. The number of benzene rings is 2. The number of aliphatic hydroxyl groups is 1. The van der Waals surface area contributed by atoms with E-state index in [0.29, 0.717) is 12.2 Å². The minimum atomic E-state index is -2.48. The molecule has 0 spiro atoms. The largest absolute Gasteiger partial charge is 0.485 e. The number of ether oxygens (including phenoxy) is 1. The quantitative estimate of drug-likeness (QED) is 0.827. The summed E-state index contributed by atoms with van der Waals surface area (Å²) in [7, 11) is 0. The van der Waals surface area contributed by atoms with Crippen molar-refractivity contribution in [1.29, 1.82) is 0 Å². The SMILES string of the molecule is O[C@H]1CC(c2ccc(C(F)F)cc2)Oc2ccc(Br)cc21. The summed E-state index contributed by atoms with van der Waals surface area (Å²) in [5.74, 6) is 0.625. The molecular formula is C16H13BrF2O2. The smallest absolute Gasteiger partial charge is 0.263 e. The first-order valence-electron chi connectivity index (χ1n) is 6.57. The van der Waals surface area contributed by atoms with Crippen molar-refractivity contribution in [3.63, 3.8) is 0 Å². The van der Waals surface area contributed by atoms with Gasteiger partial charge in [0.05, 0.1) is 6.10 Å². The van der Waals surface area contributed by atoms with Gasteiger partial charge < -0.3 is 9.84 Å². The molecule has 2 aromatic carbocycles. The van der Waals surface area contributed by atoms with Crippen LogP contribution in [-0.4, -0.2) is 5.11 Å². The average Bonchev–Trinajstić information content (AvgIpc) is 2.48. The highest BCUT2D eigenvalue weighted by Crippen LogP contribution is 2.41. The third-order valence-electron chi connectivity index (χ3n) is 3.60. The molecule has 1 heterocycles. The molecule has 0 saturated carbocycles. The molecule has 0 bridgehead atoms. The third-order valence-corrected chi connectivity index (χ3v) is 4.09. The zero-order valence-corrected chi connectivity index (χ0v) is 12.6. The van der Waals surface area contributed by atoms with E-state index >= 15 is 0 Å². The lowest BCUT2D eigenvalue weighted by molar-refractivity contribution is 0.0656. The van der Waals surface area contributed by atoms with Crippen molar-refractivity contribution in [2.45, 2.75) is 25.1 Å². The first-order valence-corrected chi connectivity index (χ1v) is 7.36. The van der Waals surface area contributed by atoms with E-state index in [2.05, 4.69) is 15.9 Å². The van der Waals surface area contributed by atoms with E-state index in [1.807, 2.05) is 12.1 Å². The van der Waals surface area contributed by atoms with Gasteiger partial charge in [-0.05, 0) is 23.8 Å². The van der Waals surface area contributed by atoms with Crippen molar-refractivity contribution in [3.05, 3.63) is 63.6 Å². The zero-order valence-electron chi connectivity index (χ0n) is 11.0. The van der Waals surface area contributed by atoms with Crippen LogP contribution in [0.3, 0.4) is 0 Å². The van der Waals surface area contributed by atoms with E-state index < -0.39 is 12.5 Å². The maximum absolute atomic E-state index is 12.6. The van der Waals surface area contributed by atoms with Gasteiger partial charge in [0, 0.05) is 22.0 Å². The van der Waals surface area contributed by atoms with Gasteiger partial charge in [0.2, 0.25) is 0 Å². The lowest BCUT2D eigenvalue weighted by Crippen LogP contribution is -2.19. The molecule has 1 N–H and O–H groups in total. The lowest BCUT2D eigenvalue weighted by Gasteiger charge is -2.30. The molecule has 21 heavy (non-hydrogen) atoms. The number of hydrogen-bond donors (Lipinski definition) is 1. The summed E-state index contributed by atoms with van der Waals surface area (Å²) >= 11 is 3.36. The second kappa shape index (κ2) is 5.73. The van der Waals surface area contributed by atoms with Crippen LogP contribution < -0.4 is 4.74 Å². The van der Waals surface area contributed by atoms with Gasteiger partial charge in [0.1, 0.15) is 11.9 Å². The summed E-state index contributed by atoms with van der Waals surface area (Å²) in [6, 6.07) is 11.5. The minimum absolute atomic E-state index is 0.0144. The highest BCUT2D eigenvalue weighted by molar-refractivity contribution is 9.10. The Balaban J connectivity index is 1.86. The van der Waals surface area contributed by atoms with Crippen molar-refractivity contribution in [2.24, 2.45) is 0 Å². The monoisotopic (exact) mass is 354 g/mol. The molecule has 0 fully saturated rings. The van der Waals surface area contributed by atoms with Gasteiger partial charge in [0.25, 0.3) is 6.43 Å². The minimum Gasteiger partial charge on any atom is -0.485 e. The molecule has 0 aromatic heterocycles. The molecule has 110 valence electrons. The van der Waals surface area contributed by atoms with Crippen molar-refractivity contribution in [3.8, 4) is 5.75 Å². The van der Waals surface area contributed by atoms with E-state index in [4.69, 9.17) is 4.74 Å². The number of rotatable bonds is 2. The molecule has 1 unspecified atom stereocenters. The van der Waals surface area contributed by atoms with E-state index in [1.54, 1.807) is 18.2 Å². The van der Waals surface area contributed by atoms with Crippen LogP contribution >= 0.6 is 15.9 Å². The van der Waals surface area contributed by atoms with Crippen molar-refractivity contribution >= 4 is 15.9 Å². The summed E-state index contributed by atoms with van der Waals surface area (Å²) in [5, 5.41) is 10.2. The van der Waals surface area contributed by atoms with Crippen LogP contribution in [-0.2, 0) is 0 Å². The number of fused-ring (bicyclic) bond motifs is 1. The van der Waals surface area contributed by atoms with Crippen molar-refractivity contribution in [2.75, 3.05) is 0 Å². The number of halogens is 3. The molecule has 1 aliphatic heterocycles. The normalized spacial score (nSPS) is 21.0. The van der Waals surface area contributed by atoms with E-state index in [-0.39, 0.29) is 11.7 Å². The second-order valence-electron chi connectivity index (χ2n) is 5.01. The van der Waals surface area contributed by atoms with Crippen molar-refractivity contribution in [1.82, 2.24) is 0 Å². The van der Waals surface area contributed by atoms with E-state index in [9.17, 15) is 13.9 Å². The first kappa shape index (κ1) is 14.5. The van der Waals surface area contributed by atoms with Crippen molar-refractivity contribution < 1.29 is 18.6 Å². The Bertz CT molecular complexity index is 643. The Morgan fingerprint density at radius 1 is 1.14 bits per heavy atom. The third kappa shape index (κ3) is 2.94. The maximum atomic E-state index is 12.6. The summed E-state index contributed by atoms with van der Waals surface area (Å²) in [5.41, 5.74) is 1.51. The number of hydrogen-bond acceptors (Lipinski definition) is 2. The van der Waals surface area contributed by atoms with Crippen LogP contribution in [0.2, 0.25) is 0 Å². The Labute approximate surface area is 129 Å². The van der Waals surface area contributed by atoms with Crippen LogP contribution in [0.25, 0.3) is 0 Å². The Morgan fingerprint density at radius 2 is 1.86 bits per heavy atom. The molecule has 0 saturated heterocycles. The van der Waals surface area contributed by atoms with Gasteiger partial charge in [-0.25, -0.2) is 8.78 Å². The van der Waals surface area contributed by atoms with Crippen LogP contribution in [0, 0.1) is 0 Å². The van der Waals surface area contributed by atoms with Gasteiger partial charge in [0.15, 0.2) is 0 Å². The maximum Gasteiger partial charge on any atom is 0.263 e. The lowest BCUT2D eigenvalue weighted by atomic mass is 9.94. The molecule has 1 aliphatic rings. The number of aliphatic hydroxyl groups excluding tert-OH is 1. The zero-order chi connectivity index (χ0) is 15.0. The molecule has 2 nitrogen and oxygen atoms in total. The highest BCUT2D eigenvalue weighted by Gasteiger charge is 2.28. The summed E-state index contributed by atoms with van der Waals surface area (Å²) in [6.45, 7) is 0. The van der Waals surface area contributed by atoms with E-state index in [0.717, 1.165) is 15.6 Å². The average molecular weight is 355 g/mol. The number of alkyl halides is 2. The van der Waals surface area contributed by atoms with Gasteiger partial charge >= 0.3 is 0 Å². The summed E-state index contributed by atoms with van der Waals surface area (Å²) in [6.07, 6.45) is -3.04. The fraction of sp³-hybridized carbons (Fsp3) is 0.250. The summed E-state index contributed by atoms with van der Waals surface area (Å²) < 4.78 is 31.9. The predicted octanol–water partition coefficient (Wildman–Crippen LogP) is 4.94. The molecular weight excluding hydrogens is 342 g/mol. The molecule has 3 rings (SSSR count). The summed E-state index contributed by atoms with van der Waals surface area (Å²) in [4.78, 5) is 0. The van der Waals surface area contributed by atoms with Crippen LogP contribution in [0.15, 0.2) is 46.9 Å². The fourth-order valence-electron chi connectivity index (χ4n) is 2.48. The highest BCUT2D eigenvalue weighted by atomic mass is 79.9. The van der Waals surface area contributed by atoms with E-state index in [1.165, 1.54) is 12.1 Å².